The molecule has 106 valence electrons. The summed E-state index contributed by atoms with van der Waals surface area (Å²) in [6.07, 6.45) is 2.11. The van der Waals surface area contributed by atoms with Crippen LogP contribution >= 0.6 is 0 Å². The number of hydrogen-bond acceptors (Lipinski definition) is 5. The average molecular weight is 275 g/mol. The van der Waals surface area contributed by atoms with Gasteiger partial charge in [0.25, 0.3) is 0 Å². The van der Waals surface area contributed by atoms with E-state index in [1.165, 1.54) is 0 Å². The number of carbonyl (C=O) groups is 1. The predicted octanol–water partition coefficient (Wildman–Crippen LogP) is 0.988. The quantitative estimate of drug-likeness (QED) is 0.899. The van der Waals surface area contributed by atoms with E-state index in [4.69, 9.17) is 5.11 Å². The van der Waals surface area contributed by atoms with Gasteiger partial charge in [-0.25, -0.2) is 0 Å². The summed E-state index contributed by atoms with van der Waals surface area (Å²) in [6, 6.07) is 3.82. The molecule has 0 spiro atoms. The monoisotopic (exact) mass is 275 g/mol. The standard InChI is InChI=1S/C13H17N5O2/c1-2-10-14-15-11-3-4-12(16-18(10)11)17-7-5-9(6-8-17)13(19)20/h3-4,9H,2,5-8H2,1H3,(H,19,20). The summed E-state index contributed by atoms with van der Waals surface area (Å²) in [5.74, 6) is 0.773. The van der Waals surface area contributed by atoms with E-state index in [9.17, 15) is 4.79 Å². The number of anilines is 1. The topological polar surface area (TPSA) is 83.6 Å². The van der Waals surface area contributed by atoms with Crippen molar-refractivity contribution in [3.05, 3.63) is 18.0 Å². The lowest BCUT2D eigenvalue weighted by atomic mass is 9.97. The van der Waals surface area contributed by atoms with Crippen molar-refractivity contribution >= 4 is 17.4 Å². The molecule has 0 unspecified atom stereocenters. The molecule has 1 aliphatic rings. The van der Waals surface area contributed by atoms with Crippen molar-refractivity contribution in [1.29, 1.82) is 0 Å². The van der Waals surface area contributed by atoms with Gasteiger partial charge in [0, 0.05) is 19.5 Å². The molecule has 3 rings (SSSR count). The summed E-state index contributed by atoms with van der Waals surface area (Å²) >= 11 is 0. The second kappa shape index (κ2) is 5.07. The van der Waals surface area contributed by atoms with Gasteiger partial charge in [-0.15, -0.1) is 15.3 Å². The first-order chi connectivity index (χ1) is 9.69. The number of piperidine rings is 1. The fraction of sp³-hybridized carbons (Fsp3) is 0.538. The fourth-order valence-electron chi connectivity index (χ4n) is 2.57. The van der Waals surface area contributed by atoms with Gasteiger partial charge in [-0.05, 0) is 25.0 Å². The lowest BCUT2D eigenvalue weighted by Gasteiger charge is -2.30. The number of hydrogen-bond donors (Lipinski definition) is 1. The number of rotatable bonds is 3. The predicted molar refractivity (Wildman–Crippen MR) is 72.7 cm³/mol. The van der Waals surface area contributed by atoms with Gasteiger partial charge in [0.1, 0.15) is 5.82 Å². The van der Waals surface area contributed by atoms with Gasteiger partial charge >= 0.3 is 5.97 Å². The van der Waals surface area contributed by atoms with Crippen molar-refractivity contribution in [2.24, 2.45) is 5.92 Å². The van der Waals surface area contributed by atoms with E-state index in [1.807, 2.05) is 19.1 Å². The molecule has 0 aromatic carbocycles. The molecule has 1 N–H and O–H groups in total. The lowest BCUT2D eigenvalue weighted by molar-refractivity contribution is -0.142. The van der Waals surface area contributed by atoms with E-state index >= 15 is 0 Å². The molecule has 1 saturated heterocycles. The highest BCUT2D eigenvalue weighted by Gasteiger charge is 2.25. The van der Waals surface area contributed by atoms with Crippen LogP contribution in [0.1, 0.15) is 25.6 Å². The number of aryl methyl sites for hydroxylation is 1. The van der Waals surface area contributed by atoms with Crippen LogP contribution in [0.4, 0.5) is 5.82 Å². The van der Waals surface area contributed by atoms with E-state index < -0.39 is 5.97 Å². The normalized spacial score (nSPS) is 16.8. The Morgan fingerprint density at radius 2 is 2.10 bits per heavy atom. The SMILES string of the molecule is CCc1nnc2ccc(N3CCC(C(=O)O)CC3)nn12. The third-order valence-electron chi connectivity index (χ3n) is 3.80. The maximum atomic E-state index is 11.0. The molecule has 2 aromatic rings. The number of aromatic nitrogens is 4. The highest BCUT2D eigenvalue weighted by Crippen LogP contribution is 2.22. The van der Waals surface area contributed by atoms with Gasteiger partial charge in [-0.1, -0.05) is 6.92 Å². The van der Waals surface area contributed by atoms with Crippen LogP contribution in [0.15, 0.2) is 12.1 Å². The maximum Gasteiger partial charge on any atom is 0.306 e. The minimum atomic E-state index is -0.694. The molecule has 0 atom stereocenters. The van der Waals surface area contributed by atoms with Crippen molar-refractivity contribution in [2.45, 2.75) is 26.2 Å². The van der Waals surface area contributed by atoms with Crippen LogP contribution in [0.25, 0.3) is 5.65 Å². The van der Waals surface area contributed by atoms with E-state index in [0.717, 1.165) is 36.8 Å². The smallest absolute Gasteiger partial charge is 0.306 e. The molecule has 0 bridgehead atoms. The van der Waals surface area contributed by atoms with E-state index in [2.05, 4.69) is 20.2 Å². The third kappa shape index (κ3) is 2.19. The average Bonchev–Trinajstić information content (AvgIpc) is 2.89. The molecular weight excluding hydrogens is 258 g/mol. The zero-order valence-electron chi connectivity index (χ0n) is 11.4. The second-order valence-corrected chi connectivity index (χ2v) is 5.03. The summed E-state index contributed by atoms with van der Waals surface area (Å²) in [7, 11) is 0. The molecule has 20 heavy (non-hydrogen) atoms. The van der Waals surface area contributed by atoms with Gasteiger partial charge in [0.15, 0.2) is 11.5 Å². The first kappa shape index (κ1) is 12.8. The summed E-state index contributed by atoms with van der Waals surface area (Å²) < 4.78 is 1.76. The van der Waals surface area contributed by atoms with E-state index in [1.54, 1.807) is 4.52 Å². The molecule has 2 aromatic heterocycles. The van der Waals surface area contributed by atoms with Gasteiger partial charge in [-0.2, -0.15) is 4.52 Å². The molecular formula is C13H17N5O2. The molecule has 1 fully saturated rings. The van der Waals surface area contributed by atoms with Crippen molar-refractivity contribution in [3.63, 3.8) is 0 Å². The molecule has 0 amide bonds. The van der Waals surface area contributed by atoms with Crippen molar-refractivity contribution in [1.82, 2.24) is 19.8 Å². The first-order valence-electron chi connectivity index (χ1n) is 6.88. The number of aliphatic carboxylic acids is 1. The van der Waals surface area contributed by atoms with Gasteiger partial charge in [0.05, 0.1) is 5.92 Å². The highest BCUT2D eigenvalue weighted by atomic mass is 16.4. The van der Waals surface area contributed by atoms with Crippen molar-refractivity contribution < 1.29 is 9.90 Å². The number of carboxylic acids is 1. The van der Waals surface area contributed by atoms with E-state index in [-0.39, 0.29) is 5.92 Å². The first-order valence-corrected chi connectivity index (χ1v) is 6.88. The Balaban J connectivity index is 1.82. The zero-order valence-corrected chi connectivity index (χ0v) is 11.4. The van der Waals surface area contributed by atoms with Crippen LogP contribution in [0.2, 0.25) is 0 Å². The second-order valence-electron chi connectivity index (χ2n) is 5.03. The van der Waals surface area contributed by atoms with Gasteiger partial charge in [-0.3, -0.25) is 4.79 Å². The Labute approximate surface area is 116 Å². The maximum absolute atomic E-state index is 11.0. The van der Waals surface area contributed by atoms with E-state index in [0.29, 0.717) is 12.8 Å². The van der Waals surface area contributed by atoms with Gasteiger partial charge in [0.2, 0.25) is 0 Å². The van der Waals surface area contributed by atoms with Crippen LogP contribution in [-0.4, -0.2) is 44.0 Å². The molecule has 0 saturated carbocycles. The summed E-state index contributed by atoms with van der Waals surface area (Å²) in [5, 5.41) is 21.7. The molecule has 0 aliphatic carbocycles. The van der Waals surface area contributed by atoms with Gasteiger partial charge < -0.3 is 10.0 Å². The van der Waals surface area contributed by atoms with Crippen LogP contribution < -0.4 is 4.90 Å². The van der Waals surface area contributed by atoms with Crippen LogP contribution in [-0.2, 0) is 11.2 Å². The van der Waals surface area contributed by atoms with Crippen LogP contribution in [0, 0.1) is 5.92 Å². The molecule has 7 nitrogen and oxygen atoms in total. The molecule has 1 aliphatic heterocycles. The molecule has 7 heteroatoms. The molecule has 3 heterocycles. The highest BCUT2D eigenvalue weighted by molar-refractivity contribution is 5.70. The fourth-order valence-corrected chi connectivity index (χ4v) is 2.57. The largest absolute Gasteiger partial charge is 0.481 e. The van der Waals surface area contributed by atoms with Crippen LogP contribution in [0.3, 0.4) is 0 Å². The summed E-state index contributed by atoms with van der Waals surface area (Å²) in [6.45, 7) is 3.46. The Bertz CT molecular complexity index is 631. The zero-order chi connectivity index (χ0) is 14.1. The Morgan fingerprint density at radius 1 is 1.35 bits per heavy atom. The van der Waals surface area contributed by atoms with Crippen molar-refractivity contribution in [3.8, 4) is 0 Å². The van der Waals surface area contributed by atoms with Crippen molar-refractivity contribution in [2.75, 3.05) is 18.0 Å². The Morgan fingerprint density at radius 3 is 2.75 bits per heavy atom. The Hall–Kier alpha value is -2.18. The Kier molecular flexibility index (Phi) is 3.25. The molecule has 0 radical (unpaired) electrons. The number of nitrogens with zero attached hydrogens (tertiary/aromatic N) is 5. The van der Waals surface area contributed by atoms with Crippen LogP contribution in [0.5, 0.6) is 0 Å². The lowest BCUT2D eigenvalue weighted by Crippen LogP contribution is -2.37. The minimum Gasteiger partial charge on any atom is -0.481 e. The third-order valence-corrected chi connectivity index (χ3v) is 3.80. The summed E-state index contributed by atoms with van der Waals surface area (Å²) in [4.78, 5) is 13.1. The number of fused-ring (bicyclic) bond motifs is 1. The minimum absolute atomic E-state index is 0.226. The number of carboxylic acid groups (broad SMARTS) is 1. The summed E-state index contributed by atoms with van der Waals surface area (Å²) in [5.41, 5.74) is 0.742.